The molecule has 4 rings (SSSR count). The van der Waals surface area contributed by atoms with Gasteiger partial charge < -0.3 is 9.47 Å². The minimum Gasteiger partial charge on any atom is -0.339 e. The maximum atomic E-state index is 12.5. The third-order valence-corrected chi connectivity index (χ3v) is 5.27. The molecular formula is C18H19N5OS. The molecule has 0 spiro atoms. The summed E-state index contributed by atoms with van der Waals surface area (Å²) < 4.78 is 2.18. The van der Waals surface area contributed by atoms with Gasteiger partial charge in [0.1, 0.15) is 5.82 Å². The molecule has 25 heavy (non-hydrogen) atoms. The normalized spacial score (nSPS) is 15.4. The number of likely N-dealkylation sites (tertiary alicyclic amines) is 1. The summed E-state index contributed by atoms with van der Waals surface area (Å²) >= 11 is 1.61. The maximum absolute atomic E-state index is 12.5. The lowest BCUT2D eigenvalue weighted by molar-refractivity contribution is 0.0710. The predicted molar refractivity (Wildman–Crippen MR) is 95.6 cm³/mol. The van der Waals surface area contributed by atoms with Gasteiger partial charge in [-0.2, -0.15) is 0 Å². The van der Waals surface area contributed by atoms with Crippen molar-refractivity contribution in [2.45, 2.75) is 25.3 Å². The van der Waals surface area contributed by atoms with Gasteiger partial charge in [-0.05, 0) is 25.0 Å². The average molecular weight is 353 g/mol. The van der Waals surface area contributed by atoms with E-state index >= 15 is 0 Å². The largest absolute Gasteiger partial charge is 0.339 e. The van der Waals surface area contributed by atoms with Gasteiger partial charge in [0.25, 0.3) is 5.91 Å². The number of aromatic nitrogens is 4. The summed E-state index contributed by atoms with van der Waals surface area (Å²) in [6.07, 6.45) is 9.07. The van der Waals surface area contributed by atoms with Crippen LogP contribution in [0.4, 0.5) is 0 Å². The molecule has 0 saturated carbocycles. The second kappa shape index (κ2) is 7.14. The quantitative estimate of drug-likeness (QED) is 0.723. The van der Waals surface area contributed by atoms with Crippen LogP contribution in [0.25, 0.3) is 0 Å². The molecule has 1 aliphatic heterocycles. The van der Waals surface area contributed by atoms with Gasteiger partial charge in [0.2, 0.25) is 0 Å². The highest BCUT2D eigenvalue weighted by Gasteiger charge is 2.27. The molecule has 0 aliphatic carbocycles. The minimum absolute atomic E-state index is 0.0895. The van der Waals surface area contributed by atoms with E-state index in [4.69, 9.17) is 0 Å². The van der Waals surface area contributed by atoms with Gasteiger partial charge in [0.15, 0.2) is 0 Å². The van der Waals surface area contributed by atoms with Gasteiger partial charge in [0, 0.05) is 54.7 Å². The Bertz CT molecular complexity index is 822. The molecule has 1 amide bonds. The molecule has 1 saturated heterocycles. The first kappa shape index (κ1) is 16.0. The number of hydrogen-bond acceptors (Lipinski definition) is 5. The highest BCUT2D eigenvalue weighted by atomic mass is 32.1. The average Bonchev–Trinajstić information content (AvgIpc) is 3.34. The van der Waals surface area contributed by atoms with Crippen molar-refractivity contribution in [3.8, 4) is 0 Å². The van der Waals surface area contributed by atoms with Crippen molar-refractivity contribution in [2.75, 3.05) is 13.1 Å². The van der Waals surface area contributed by atoms with Gasteiger partial charge in [-0.25, -0.2) is 9.97 Å². The molecule has 0 aromatic carbocycles. The zero-order valence-corrected chi connectivity index (χ0v) is 14.6. The van der Waals surface area contributed by atoms with Gasteiger partial charge >= 0.3 is 0 Å². The van der Waals surface area contributed by atoms with Crippen LogP contribution in [-0.4, -0.2) is 43.4 Å². The molecule has 128 valence electrons. The van der Waals surface area contributed by atoms with E-state index in [1.165, 1.54) is 0 Å². The number of rotatable bonds is 4. The Hall–Kier alpha value is -2.54. The van der Waals surface area contributed by atoms with E-state index in [1.54, 1.807) is 35.9 Å². The number of piperidine rings is 1. The fourth-order valence-corrected chi connectivity index (χ4v) is 3.87. The molecule has 3 aromatic rings. The van der Waals surface area contributed by atoms with Crippen molar-refractivity contribution < 1.29 is 4.79 Å². The number of carbonyl (C=O) groups excluding carboxylic acids is 1. The van der Waals surface area contributed by atoms with E-state index < -0.39 is 0 Å². The van der Waals surface area contributed by atoms with Crippen LogP contribution in [0, 0.1) is 0 Å². The van der Waals surface area contributed by atoms with Crippen LogP contribution >= 0.6 is 11.3 Å². The minimum atomic E-state index is 0.0895. The Morgan fingerprint density at radius 2 is 1.96 bits per heavy atom. The smallest absolute Gasteiger partial charge is 0.253 e. The molecule has 0 atom stereocenters. The Labute approximate surface area is 150 Å². The van der Waals surface area contributed by atoms with E-state index in [1.807, 2.05) is 22.8 Å². The van der Waals surface area contributed by atoms with Crippen LogP contribution in [0.5, 0.6) is 0 Å². The number of carbonyl (C=O) groups is 1. The summed E-state index contributed by atoms with van der Waals surface area (Å²) in [5, 5.41) is 2.07. The van der Waals surface area contributed by atoms with Crippen LogP contribution < -0.4 is 0 Å². The molecular weight excluding hydrogens is 334 g/mol. The van der Waals surface area contributed by atoms with Crippen LogP contribution in [0.2, 0.25) is 0 Å². The molecule has 6 nitrogen and oxygen atoms in total. The van der Waals surface area contributed by atoms with Gasteiger partial charge in [-0.1, -0.05) is 0 Å². The predicted octanol–water partition coefficient (Wildman–Crippen LogP) is 2.80. The standard InChI is InChI=1S/C18H19N5OS/c24-18(15-1-5-19-6-2-15)22-8-3-14(4-9-22)17-20-7-10-23(17)11-16-12-25-13-21-16/h1-2,5-7,10,12-14H,3-4,8-9,11H2. The molecule has 0 radical (unpaired) electrons. The molecule has 0 bridgehead atoms. The molecule has 1 aliphatic rings. The van der Waals surface area contributed by atoms with Gasteiger partial charge in [-0.15, -0.1) is 11.3 Å². The first-order valence-electron chi connectivity index (χ1n) is 8.38. The van der Waals surface area contributed by atoms with Crippen LogP contribution in [-0.2, 0) is 6.54 Å². The van der Waals surface area contributed by atoms with E-state index in [-0.39, 0.29) is 5.91 Å². The molecule has 0 N–H and O–H groups in total. The Morgan fingerprint density at radius 3 is 2.68 bits per heavy atom. The van der Waals surface area contributed by atoms with Crippen molar-refractivity contribution in [3.05, 3.63) is 64.9 Å². The summed E-state index contributed by atoms with van der Waals surface area (Å²) in [7, 11) is 0. The second-order valence-electron chi connectivity index (χ2n) is 6.20. The van der Waals surface area contributed by atoms with Crippen molar-refractivity contribution in [1.29, 1.82) is 0 Å². The third kappa shape index (κ3) is 3.46. The number of nitrogens with zero attached hydrogens (tertiary/aromatic N) is 5. The third-order valence-electron chi connectivity index (χ3n) is 4.64. The fraction of sp³-hybridized carbons (Fsp3) is 0.333. The SMILES string of the molecule is O=C(c1ccncc1)N1CCC(c2nccn2Cc2cscn2)CC1. The van der Waals surface area contributed by atoms with Crippen LogP contribution in [0.1, 0.15) is 40.6 Å². The molecule has 4 heterocycles. The van der Waals surface area contributed by atoms with E-state index in [2.05, 4.69) is 24.9 Å². The zero-order valence-electron chi connectivity index (χ0n) is 13.8. The Morgan fingerprint density at radius 1 is 1.16 bits per heavy atom. The summed E-state index contributed by atoms with van der Waals surface area (Å²) in [5.74, 6) is 1.57. The molecule has 0 unspecified atom stereocenters. The number of amides is 1. The van der Waals surface area contributed by atoms with Crippen molar-refractivity contribution in [3.63, 3.8) is 0 Å². The summed E-state index contributed by atoms with van der Waals surface area (Å²) in [6, 6.07) is 3.55. The van der Waals surface area contributed by atoms with E-state index in [0.29, 0.717) is 11.5 Å². The molecule has 1 fully saturated rings. The fourth-order valence-electron chi connectivity index (χ4n) is 3.32. The Balaban J connectivity index is 1.41. The number of imidazole rings is 1. The summed E-state index contributed by atoms with van der Waals surface area (Å²) in [5.41, 5.74) is 3.63. The summed E-state index contributed by atoms with van der Waals surface area (Å²) in [4.78, 5) is 27.4. The molecule has 3 aromatic heterocycles. The van der Waals surface area contributed by atoms with Crippen LogP contribution in [0.15, 0.2) is 47.8 Å². The Kier molecular flexibility index (Phi) is 4.56. The van der Waals surface area contributed by atoms with Crippen molar-refractivity contribution in [1.82, 2.24) is 24.4 Å². The number of thiazole rings is 1. The van der Waals surface area contributed by atoms with Gasteiger partial charge in [-0.3, -0.25) is 9.78 Å². The highest BCUT2D eigenvalue weighted by Crippen LogP contribution is 2.28. The van der Waals surface area contributed by atoms with Crippen molar-refractivity contribution in [2.24, 2.45) is 0 Å². The lowest BCUT2D eigenvalue weighted by Gasteiger charge is -2.32. The molecule has 7 heteroatoms. The summed E-state index contributed by atoms with van der Waals surface area (Å²) in [6.45, 7) is 2.28. The van der Waals surface area contributed by atoms with E-state index in [0.717, 1.165) is 44.0 Å². The second-order valence-corrected chi connectivity index (χ2v) is 6.91. The lowest BCUT2D eigenvalue weighted by atomic mass is 9.95. The number of hydrogen-bond donors (Lipinski definition) is 0. The van der Waals surface area contributed by atoms with Crippen LogP contribution in [0.3, 0.4) is 0 Å². The topological polar surface area (TPSA) is 63.9 Å². The van der Waals surface area contributed by atoms with E-state index in [9.17, 15) is 4.79 Å². The first-order chi connectivity index (χ1) is 12.3. The lowest BCUT2D eigenvalue weighted by Crippen LogP contribution is -2.38. The van der Waals surface area contributed by atoms with Gasteiger partial charge in [0.05, 0.1) is 17.7 Å². The monoisotopic (exact) mass is 353 g/mol. The first-order valence-corrected chi connectivity index (χ1v) is 9.33. The zero-order chi connectivity index (χ0) is 17.1. The van der Waals surface area contributed by atoms with Crippen molar-refractivity contribution >= 4 is 17.2 Å². The maximum Gasteiger partial charge on any atom is 0.253 e. The highest BCUT2D eigenvalue weighted by molar-refractivity contribution is 7.07. The number of pyridine rings is 1.